The lowest BCUT2D eigenvalue weighted by molar-refractivity contribution is -0.123. The highest BCUT2D eigenvalue weighted by Gasteiger charge is 2.61. The molecule has 104 valence electrons. The fourth-order valence-electron chi connectivity index (χ4n) is 4.70. The normalized spacial score (nSPS) is 35.0. The molecule has 0 radical (unpaired) electrons. The Bertz CT molecular complexity index is 593. The average molecular weight is 269 g/mol. The van der Waals surface area contributed by atoms with Crippen LogP contribution < -0.4 is 4.90 Å². The van der Waals surface area contributed by atoms with Gasteiger partial charge in [0.15, 0.2) is 0 Å². The highest BCUT2D eigenvalue weighted by molar-refractivity contribution is 6.22. The van der Waals surface area contributed by atoms with E-state index in [1.807, 2.05) is 32.0 Å². The largest absolute Gasteiger partial charge is 0.274 e. The number of carbonyl (C=O) groups is 2. The molecule has 2 bridgehead atoms. The summed E-state index contributed by atoms with van der Waals surface area (Å²) < 4.78 is 0. The van der Waals surface area contributed by atoms with Crippen molar-refractivity contribution in [3.05, 3.63) is 29.3 Å². The molecule has 3 heteroatoms. The first kappa shape index (κ1) is 12.1. The monoisotopic (exact) mass is 269 g/mol. The average Bonchev–Trinajstić information content (AvgIpc) is 3.06. The van der Waals surface area contributed by atoms with Gasteiger partial charge in [0.2, 0.25) is 11.8 Å². The SMILES string of the molecule is Cc1ccc(N2C(=O)[C@@H]3[C@H]4CC[C@@H](C4)[C@H]3C2=O)c(C)c1. The van der Waals surface area contributed by atoms with Crippen LogP contribution in [0, 0.1) is 37.5 Å². The molecule has 4 rings (SSSR count). The maximum Gasteiger partial charge on any atom is 0.237 e. The van der Waals surface area contributed by atoms with Gasteiger partial charge in [0.1, 0.15) is 0 Å². The van der Waals surface area contributed by atoms with Gasteiger partial charge in [-0.05, 0) is 56.6 Å². The molecule has 3 nitrogen and oxygen atoms in total. The van der Waals surface area contributed by atoms with E-state index in [9.17, 15) is 9.59 Å². The zero-order valence-electron chi connectivity index (χ0n) is 11.9. The number of rotatable bonds is 1. The summed E-state index contributed by atoms with van der Waals surface area (Å²) in [5.74, 6) is 0.969. The maximum absolute atomic E-state index is 12.7. The number of nitrogens with zero attached hydrogens (tertiary/aromatic N) is 1. The van der Waals surface area contributed by atoms with Crippen molar-refractivity contribution >= 4 is 17.5 Å². The van der Waals surface area contributed by atoms with Crippen molar-refractivity contribution in [2.45, 2.75) is 33.1 Å². The first-order chi connectivity index (χ1) is 9.58. The lowest BCUT2D eigenvalue weighted by atomic mass is 9.81. The Kier molecular flexibility index (Phi) is 2.39. The smallest absolute Gasteiger partial charge is 0.237 e. The van der Waals surface area contributed by atoms with Crippen molar-refractivity contribution in [2.75, 3.05) is 4.90 Å². The molecule has 3 fully saturated rings. The van der Waals surface area contributed by atoms with Crippen LogP contribution in [0.15, 0.2) is 18.2 Å². The lowest BCUT2D eigenvalue weighted by Gasteiger charge is -2.19. The van der Waals surface area contributed by atoms with Crippen molar-refractivity contribution in [1.82, 2.24) is 0 Å². The predicted molar refractivity (Wildman–Crippen MR) is 76.2 cm³/mol. The molecule has 20 heavy (non-hydrogen) atoms. The first-order valence-corrected chi connectivity index (χ1v) is 7.53. The van der Waals surface area contributed by atoms with Crippen LogP contribution in [0.4, 0.5) is 5.69 Å². The number of hydrogen-bond donors (Lipinski definition) is 0. The Balaban J connectivity index is 1.77. The second kappa shape index (κ2) is 3.94. The van der Waals surface area contributed by atoms with E-state index in [0.717, 1.165) is 36.1 Å². The zero-order valence-corrected chi connectivity index (χ0v) is 11.9. The van der Waals surface area contributed by atoms with Gasteiger partial charge in [-0.2, -0.15) is 0 Å². The summed E-state index contributed by atoms with van der Waals surface area (Å²) in [7, 11) is 0. The molecule has 4 atom stereocenters. The van der Waals surface area contributed by atoms with E-state index in [4.69, 9.17) is 0 Å². The van der Waals surface area contributed by atoms with Gasteiger partial charge in [0.05, 0.1) is 17.5 Å². The van der Waals surface area contributed by atoms with E-state index in [2.05, 4.69) is 0 Å². The second-order valence-electron chi connectivity index (χ2n) is 6.69. The van der Waals surface area contributed by atoms with Crippen LogP contribution in [0.3, 0.4) is 0 Å². The van der Waals surface area contributed by atoms with E-state index < -0.39 is 0 Å². The molecule has 1 saturated heterocycles. The van der Waals surface area contributed by atoms with Gasteiger partial charge in [-0.3, -0.25) is 9.59 Å². The maximum atomic E-state index is 12.7. The van der Waals surface area contributed by atoms with Crippen molar-refractivity contribution < 1.29 is 9.59 Å². The van der Waals surface area contributed by atoms with E-state index in [0.29, 0.717) is 11.8 Å². The van der Waals surface area contributed by atoms with Gasteiger partial charge < -0.3 is 0 Å². The Labute approximate surface area is 119 Å². The van der Waals surface area contributed by atoms with Crippen molar-refractivity contribution in [3.63, 3.8) is 0 Å². The van der Waals surface area contributed by atoms with Crippen molar-refractivity contribution in [3.8, 4) is 0 Å². The Hall–Kier alpha value is -1.64. The van der Waals surface area contributed by atoms with E-state index >= 15 is 0 Å². The Morgan fingerprint density at radius 3 is 2.15 bits per heavy atom. The van der Waals surface area contributed by atoms with Crippen LogP contribution >= 0.6 is 0 Å². The molecular formula is C17H19NO2. The molecule has 3 aliphatic rings. The first-order valence-electron chi connectivity index (χ1n) is 7.53. The van der Waals surface area contributed by atoms with E-state index in [-0.39, 0.29) is 23.7 Å². The standard InChI is InChI=1S/C17H19NO2/c1-9-3-6-13(10(2)7-9)18-16(19)14-11-4-5-12(8-11)15(14)17(18)20/h3,6-7,11-12,14-15H,4-5,8H2,1-2H3/t11-,12-,14+,15+/m0/s1. The number of aryl methyl sites for hydroxylation is 2. The molecule has 2 saturated carbocycles. The number of carbonyl (C=O) groups excluding carboxylic acids is 2. The third kappa shape index (κ3) is 1.41. The summed E-state index contributed by atoms with van der Waals surface area (Å²) in [6, 6.07) is 5.94. The molecule has 0 spiro atoms. The number of benzene rings is 1. The summed E-state index contributed by atoms with van der Waals surface area (Å²) in [6.45, 7) is 4.00. The molecule has 0 N–H and O–H groups in total. The highest BCUT2D eigenvalue weighted by atomic mass is 16.2. The molecule has 1 aromatic rings. The summed E-state index contributed by atoms with van der Waals surface area (Å²) in [5.41, 5.74) is 2.96. The molecule has 2 aliphatic carbocycles. The van der Waals surface area contributed by atoms with Crippen LogP contribution in [0.25, 0.3) is 0 Å². The minimum Gasteiger partial charge on any atom is -0.274 e. The van der Waals surface area contributed by atoms with Gasteiger partial charge in [-0.25, -0.2) is 4.90 Å². The molecule has 1 aliphatic heterocycles. The number of anilines is 1. The van der Waals surface area contributed by atoms with Gasteiger partial charge >= 0.3 is 0 Å². The molecular weight excluding hydrogens is 250 g/mol. The minimum absolute atomic E-state index is 0.0260. The number of amides is 2. The van der Waals surface area contributed by atoms with Crippen LogP contribution in [0.5, 0.6) is 0 Å². The highest BCUT2D eigenvalue weighted by Crippen LogP contribution is 2.56. The van der Waals surface area contributed by atoms with Crippen molar-refractivity contribution in [2.24, 2.45) is 23.7 Å². The van der Waals surface area contributed by atoms with Crippen molar-refractivity contribution in [1.29, 1.82) is 0 Å². The Morgan fingerprint density at radius 2 is 1.60 bits per heavy atom. The molecule has 1 heterocycles. The molecule has 0 unspecified atom stereocenters. The van der Waals surface area contributed by atoms with E-state index in [1.54, 1.807) is 0 Å². The third-order valence-corrected chi connectivity index (χ3v) is 5.52. The van der Waals surface area contributed by atoms with Gasteiger partial charge in [0.25, 0.3) is 0 Å². The topological polar surface area (TPSA) is 37.4 Å². The van der Waals surface area contributed by atoms with Crippen LogP contribution in [-0.4, -0.2) is 11.8 Å². The molecule has 1 aromatic carbocycles. The number of hydrogen-bond acceptors (Lipinski definition) is 2. The van der Waals surface area contributed by atoms with Gasteiger partial charge in [-0.1, -0.05) is 17.7 Å². The number of imide groups is 1. The summed E-state index contributed by atoms with van der Waals surface area (Å²) in [5, 5.41) is 0. The third-order valence-electron chi connectivity index (χ3n) is 5.52. The van der Waals surface area contributed by atoms with Crippen LogP contribution in [0.2, 0.25) is 0 Å². The van der Waals surface area contributed by atoms with Gasteiger partial charge in [-0.15, -0.1) is 0 Å². The summed E-state index contributed by atoms with van der Waals surface area (Å²) in [6.07, 6.45) is 3.35. The fourth-order valence-corrected chi connectivity index (χ4v) is 4.70. The predicted octanol–water partition coefficient (Wildman–Crippen LogP) is 2.84. The van der Waals surface area contributed by atoms with E-state index in [1.165, 1.54) is 4.90 Å². The molecule has 2 amide bonds. The quantitative estimate of drug-likeness (QED) is 0.735. The summed E-state index contributed by atoms with van der Waals surface area (Å²) >= 11 is 0. The minimum atomic E-state index is -0.0260. The number of fused-ring (bicyclic) bond motifs is 5. The fraction of sp³-hybridized carbons (Fsp3) is 0.529. The zero-order chi connectivity index (χ0) is 14.0. The van der Waals surface area contributed by atoms with Crippen LogP contribution in [0.1, 0.15) is 30.4 Å². The Morgan fingerprint density at radius 1 is 1.00 bits per heavy atom. The van der Waals surface area contributed by atoms with Gasteiger partial charge in [0, 0.05) is 0 Å². The molecule has 0 aromatic heterocycles. The summed E-state index contributed by atoms with van der Waals surface area (Å²) in [4.78, 5) is 26.9. The lowest BCUT2D eigenvalue weighted by Crippen LogP contribution is -2.33. The van der Waals surface area contributed by atoms with Crippen LogP contribution in [-0.2, 0) is 9.59 Å². The second-order valence-corrected chi connectivity index (χ2v) is 6.69.